The van der Waals surface area contributed by atoms with Gasteiger partial charge in [0.2, 0.25) is 0 Å². The third kappa shape index (κ3) is 2.81. The van der Waals surface area contributed by atoms with Gasteiger partial charge in [-0.1, -0.05) is 60.7 Å². The Balaban J connectivity index is 1.74. The minimum absolute atomic E-state index is 0.00588. The summed E-state index contributed by atoms with van der Waals surface area (Å²) in [5.41, 5.74) is 3.25. The van der Waals surface area contributed by atoms with Gasteiger partial charge < -0.3 is 5.32 Å². The Bertz CT molecular complexity index is 842. The van der Waals surface area contributed by atoms with E-state index in [0.717, 1.165) is 17.0 Å². The van der Waals surface area contributed by atoms with Gasteiger partial charge >= 0.3 is 0 Å². The van der Waals surface area contributed by atoms with Crippen LogP contribution in [0.25, 0.3) is 0 Å². The van der Waals surface area contributed by atoms with Crippen LogP contribution in [0.1, 0.15) is 28.8 Å². The molecule has 1 aliphatic rings. The average molecular weight is 316 g/mol. The fourth-order valence-electron chi connectivity index (χ4n) is 3.09. The van der Waals surface area contributed by atoms with E-state index in [9.17, 15) is 4.39 Å². The van der Waals surface area contributed by atoms with Crippen molar-refractivity contribution < 1.29 is 4.39 Å². The van der Waals surface area contributed by atoms with Crippen molar-refractivity contribution in [3.05, 3.63) is 107 Å². The second kappa shape index (κ2) is 6.28. The van der Waals surface area contributed by atoms with Gasteiger partial charge in [0.1, 0.15) is 17.7 Å². The van der Waals surface area contributed by atoms with Crippen LogP contribution in [0.15, 0.2) is 89.9 Å². The number of amidine groups is 1. The quantitative estimate of drug-likeness (QED) is 0.747. The van der Waals surface area contributed by atoms with Gasteiger partial charge in [-0.25, -0.2) is 4.39 Å². The molecule has 24 heavy (non-hydrogen) atoms. The van der Waals surface area contributed by atoms with Crippen molar-refractivity contribution in [2.24, 2.45) is 4.99 Å². The second-order valence-electron chi connectivity index (χ2n) is 5.87. The first-order valence-electron chi connectivity index (χ1n) is 8.01. The molecule has 0 spiro atoms. The van der Waals surface area contributed by atoms with E-state index < -0.39 is 0 Å². The van der Waals surface area contributed by atoms with Crippen LogP contribution >= 0.6 is 0 Å². The van der Waals surface area contributed by atoms with Crippen LogP contribution in [-0.4, -0.2) is 5.84 Å². The summed E-state index contributed by atoms with van der Waals surface area (Å²) >= 11 is 0. The van der Waals surface area contributed by atoms with E-state index in [4.69, 9.17) is 4.99 Å². The zero-order valence-corrected chi connectivity index (χ0v) is 13.1. The Morgan fingerprint density at radius 2 is 1.29 bits per heavy atom. The summed E-state index contributed by atoms with van der Waals surface area (Å²) in [5, 5.41) is 3.52. The number of benzene rings is 3. The lowest BCUT2D eigenvalue weighted by Crippen LogP contribution is -2.25. The molecule has 0 radical (unpaired) electrons. The van der Waals surface area contributed by atoms with Crippen molar-refractivity contribution in [2.75, 3.05) is 0 Å². The number of hydrogen-bond donors (Lipinski definition) is 1. The number of nitrogens with zero attached hydrogens (tertiary/aromatic N) is 1. The van der Waals surface area contributed by atoms with Gasteiger partial charge in [-0.05, 0) is 35.4 Å². The average Bonchev–Trinajstić information content (AvgIpc) is 3.09. The molecule has 0 aromatic heterocycles. The molecule has 4 rings (SSSR count). The Morgan fingerprint density at radius 1 is 0.708 bits per heavy atom. The first kappa shape index (κ1) is 14.6. The van der Waals surface area contributed by atoms with Crippen LogP contribution in [0, 0.1) is 5.82 Å². The highest BCUT2D eigenvalue weighted by Crippen LogP contribution is 2.36. The third-order valence-electron chi connectivity index (χ3n) is 4.29. The zero-order valence-electron chi connectivity index (χ0n) is 13.1. The lowest BCUT2D eigenvalue weighted by Gasteiger charge is -2.19. The summed E-state index contributed by atoms with van der Waals surface area (Å²) in [7, 11) is 0. The highest BCUT2D eigenvalue weighted by Gasteiger charge is 2.31. The molecule has 0 saturated heterocycles. The van der Waals surface area contributed by atoms with Gasteiger partial charge in [0.05, 0.1) is 6.04 Å². The monoisotopic (exact) mass is 316 g/mol. The Hall–Kier alpha value is -2.94. The van der Waals surface area contributed by atoms with Crippen LogP contribution in [0.3, 0.4) is 0 Å². The Labute approximate surface area is 140 Å². The fraction of sp³-hybridized carbons (Fsp3) is 0.0952. The molecule has 0 fully saturated rings. The molecule has 0 amide bonds. The first-order valence-corrected chi connectivity index (χ1v) is 8.01. The van der Waals surface area contributed by atoms with E-state index in [-0.39, 0.29) is 17.9 Å². The van der Waals surface area contributed by atoms with E-state index in [1.807, 2.05) is 36.4 Å². The molecule has 0 aliphatic carbocycles. The predicted molar refractivity (Wildman–Crippen MR) is 94.4 cm³/mol. The smallest absolute Gasteiger partial charge is 0.129 e. The standard InChI is InChI=1S/C21H17FN2/c22-18-13-11-17(12-14-18)21-23-19(15-7-3-1-4-8-15)20(24-21)16-9-5-2-6-10-16/h1-14,19-20H,(H,23,24)/t19-,20+. The fourth-order valence-corrected chi connectivity index (χ4v) is 3.09. The van der Waals surface area contributed by atoms with Crippen LogP contribution in [-0.2, 0) is 0 Å². The summed E-state index contributed by atoms with van der Waals surface area (Å²) in [5.74, 6) is 0.564. The molecular weight excluding hydrogens is 299 g/mol. The minimum atomic E-state index is -0.239. The summed E-state index contributed by atoms with van der Waals surface area (Å²) in [6, 6.07) is 27.1. The molecule has 2 nitrogen and oxygen atoms in total. The van der Waals surface area contributed by atoms with Gasteiger partial charge in [-0.15, -0.1) is 0 Å². The number of halogens is 1. The highest BCUT2D eigenvalue weighted by molar-refractivity contribution is 6.00. The maximum absolute atomic E-state index is 13.2. The Morgan fingerprint density at radius 3 is 1.92 bits per heavy atom. The van der Waals surface area contributed by atoms with Gasteiger partial charge in [-0.2, -0.15) is 0 Å². The van der Waals surface area contributed by atoms with Crippen LogP contribution in [0.2, 0.25) is 0 Å². The molecule has 2 atom stereocenters. The molecule has 0 saturated carbocycles. The van der Waals surface area contributed by atoms with Crippen LogP contribution in [0.4, 0.5) is 4.39 Å². The van der Waals surface area contributed by atoms with Gasteiger partial charge in [0.15, 0.2) is 0 Å². The van der Waals surface area contributed by atoms with E-state index >= 15 is 0 Å². The van der Waals surface area contributed by atoms with Crippen molar-refractivity contribution in [3.8, 4) is 0 Å². The predicted octanol–water partition coefficient (Wildman–Crippen LogP) is 4.66. The van der Waals surface area contributed by atoms with Gasteiger partial charge in [-0.3, -0.25) is 4.99 Å². The van der Waals surface area contributed by atoms with Gasteiger partial charge in [0.25, 0.3) is 0 Å². The van der Waals surface area contributed by atoms with E-state index in [2.05, 4.69) is 29.6 Å². The number of nitrogens with one attached hydrogen (secondary N) is 1. The van der Waals surface area contributed by atoms with E-state index in [1.165, 1.54) is 17.7 Å². The summed E-state index contributed by atoms with van der Waals surface area (Å²) in [6.07, 6.45) is 0. The largest absolute Gasteiger partial charge is 0.361 e. The second-order valence-corrected chi connectivity index (χ2v) is 5.87. The number of hydrogen-bond acceptors (Lipinski definition) is 2. The highest BCUT2D eigenvalue weighted by atomic mass is 19.1. The summed E-state index contributed by atoms with van der Waals surface area (Å²) < 4.78 is 13.2. The minimum Gasteiger partial charge on any atom is -0.361 e. The third-order valence-corrected chi connectivity index (χ3v) is 4.29. The van der Waals surface area contributed by atoms with Crippen LogP contribution in [0.5, 0.6) is 0 Å². The topological polar surface area (TPSA) is 24.4 Å². The van der Waals surface area contributed by atoms with Crippen molar-refractivity contribution in [1.29, 1.82) is 0 Å². The molecule has 3 aromatic rings. The molecule has 3 heteroatoms. The van der Waals surface area contributed by atoms with Gasteiger partial charge in [0, 0.05) is 5.56 Å². The lowest BCUT2D eigenvalue weighted by molar-refractivity contribution is 0.572. The SMILES string of the molecule is Fc1ccc(C2=N[C@@H](c3ccccc3)[C@@H](c3ccccc3)N2)cc1. The zero-order chi connectivity index (χ0) is 16.4. The van der Waals surface area contributed by atoms with Crippen molar-refractivity contribution in [2.45, 2.75) is 12.1 Å². The molecule has 3 aromatic carbocycles. The maximum atomic E-state index is 13.2. The molecule has 1 N–H and O–H groups in total. The van der Waals surface area contributed by atoms with Crippen LogP contribution < -0.4 is 5.32 Å². The summed E-state index contributed by atoms with van der Waals surface area (Å²) in [6.45, 7) is 0. The molecule has 1 aliphatic heterocycles. The molecule has 118 valence electrons. The Kier molecular flexibility index (Phi) is 3.83. The van der Waals surface area contributed by atoms with Crippen molar-refractivity contribution >= 4 is 5.84 Å². The maximum Gasteiger partial charge on any atom is 0.129 e. The van der Waals surface area contributed by atoms with E-state index in [0.29, 0.717) is 0 Å². The number of aliphatic imine (C=N–C) groups is 1. The molecule has 0 bridgehead atoms. The molecule has 0 unspecified atom stereocenters. The molecular formula is C21H17FN2. The van der Waals surface area contributed by atoms with Crippen molar-refractivity contribution in [1.82, 2.24) is 5.32 Å². The number of rotatable bonds is 3. The van der Waals surface area contributed by atoms with E-state index in [1.54, 1.807) is 12.1 Å². The normalized spacial score (nSPS) is 19.6. The lowest BCUT2D eigenvalue weighted by atomic mass is 9.95. The summed E-state index contributed by atoms with van der Waals surface area (Å²) in [4.78, 5) is 4.90. The molecule has 1 heterocycles. The van der Waals surface area contributed by atoms with Crippen molar-refractivity contribution in [3.63, 3.8) is 0 Å². The first-order chi connectivity index (χ1) is 11.8.